The Morgan fingerprint density at radius 2 is 1.91 bits per heavy atom. The van der Waals surface area contributed by atoms with E-state index in [1.165, 1.54) is 0 Å². The molecule has 1 N–H and O–H groups in total. The van der Waals surface area contributed by atoms with Crippen LogP contribution in [0.25, 0.3) is 0 Å². The smallest absolute Gasteiger partial charge is 0.410 e. The van der Waals surface area contributed by atoms with Crippen molar-refractivity contribution in [1.29, 1.82) is 0 Å². The van der Waals surface area contributed by atoms with Crippen molar-refractivity contribution in [3.63, 3.8) is 0 Å². The van der Waals surface area contributed by atoms with E-state index in [1.807, 2.05) is 20.8 Å². The summed E-state index contributed by atoms with van der Waals surface area (Å²) < 4.78 is 11.2. The molecule has 2 aliphatic rings. The van der Waals surface area contributed by atoms with Gasteiger partial charge in [-0.25, -0.2) is 4.79 Å². The number of rotatable bonds is 1. The van der Waals surface area contributed by atoms with Crippen molar-refractivity contribution in [1.82, 2.24) is 4.90 Å². The second-order valence-corrected chi connectivity index (χ2v) is 8.21. The summed E-state index contributed by atoms with van der Waals surface area (Å²) in [6, 6.07) is -0.266. The zero-order valence-electron chi connectivity index (χ0n) is 15.7. The van der Waals surface area contributed by atoms with Crippen LogP contribution < -0.4 is 0 Å². The molecule has 0 spiro atoms. The predicted molar refractivity (Wildman–Crippen MR) is 91.4 cm³/mol. The molecule has 0 aromatic heterocycles. The first kappa shape index (κ1) is 20.2. The second-order valence-electron chi connectivity index (χ2n) is 8.21. The lowest BCUT2D eigenvalue weighted by molar-refractivity contribution is -0.0154. The van der Waals surface area contributed by atoms with Crippen LogP contribution in [0, 0.1) is 11.8 Å². The van der Waals surface area contributed by atoms with Crippen LogP contribution in [-0.2, 0) is 9.47 Å². The summed E-state index contributed by atoms with van der Waals surface area (Å²) >= 11 is 0. The average molecular weight is 329 g/mol. The average Bonchev–Trinajstić information content (AvgIpc) is 2.58. The summed E-state index contributed by atoms with van der Waals surface area (Å²) in [5.41, 5.74) is -0.511. The topological polar surface area (TPSA) is 59.0 Å². The minimum absolute atomic E-state index is 0.0416. The highest BCUT2D eigenvalue weighted by Gasteiger charge is 2.46. The molecular weight excluding hydrogens is 294 g/mol. The molecule has 136 valence electrons. The van der Waals surface area contributed by atoms with E-state index in [9.17, 15) is 9.90 Å². The van der Waals surface area contributed by atoms with Gasteiger partial charge in [-0.1, -0.05) is 27.2 Å². The second kappa shape index (κ2) is 8.88. The van der Waals surface area contributed by atoms with Crippen LogP contribution in [0.3, 0.4) is 0 Å². The van der Waals surface area contributed by atoms with Gasteiger partial charge in [0.1, 0.15) is 5.60 Å². The number of amides is 1. The molecule has 2 heterocycles. The van der Waals surface area contributed by atoms with Crippen LogP contribution >= 0.6 is 0 Å². The maximum absolute atomic E-state index is 12.2. The number of ether oxygens (including phenoxy) is 2. The predicted octanol–water partition coefficient (Wildman–Crippen LogP) is 3.45. The van der Waals surface area contributed by atoms with Crippen LogP contribution in [-0.4, -0.2) is 53.6 Å². The van der Waals surface area contributed by atoms with Crippen molar-refractivity contribution in [3.8, 4) is 0 Å². The number of hydrogen-bond donors (Lipinski definition) is 1. The molecule has 23 heavy (non-hydrogen) atoms. The molecule has 5 nitrogen and oxygen atoms in total. The van der Waals surface area contributed by atoms with Gasteiger partial charge in [0.25, 0.3) is 0 Å². The van der Waals surface area contributed by atoms with Crippen molar-refractivity contribution in [2.24, 2.45) is 11.8 Å². The highest BCUT2D eigenvalue weighted by Crippen LogP contribution is 2.33. The third kappa shape index (κ3) is 6.68. The van der Waals surface area contributed by atoms with E-state index in [2.05, 4.69) is 20.8 Å². The van der Waals surface area contributed by atoms with E-state index in [0.717, 1.165) is 31.8 Å². The van der Waals surface area contributed by atoms with Gasteiger partial charge in [0.2, 0.25) is 0 Å². The maximum atomic E-state index is 12.2. The number of nitrogens with zero attached hydrogens (tertiary/aromatic N) is 1. The fourth-order valence-corrected chi connectivity index (χ4v) is 2.95. The number of carbonyl (C=O) groups excluding carboxylic acids is 1. The zero-order chi connectivity index (χ0) is 17.6. The first-order valence-corrected chi connectivity index (χ1v) is 8.87. The molecule has 2 saturated heterocycles. The normalized spacial score (nSPS) is 27.8. The third-order valence-electron chi connectivity index (χ3n) is 3.77. The van der Waals surface area contributed by atoms with Gasteiger partial charge in [0.05, 0.1) is 18.8 Å². The summed E-state index contributed by atoms with van der Waals surface area (Å²) in [5, 5.41) is 9.58. The molecule has 0 aromatic rings. The van der Waals surface area contributed by atoms with Gasteiger partial charge < -0.3 is 14.6 Å². The number of likely N-dealkylation sites (tertiary alicyclic amines) is 1. The summed E-state index contributed by atoms with van der Waals surface area (Å²) in [4.78, 5) is 13.8. The number of aliphatic hydroxyl groups is 1. The standard InChI is InChI=1S/C14H25NO4.C4H10/c1-14(2,3)19-13(17)15-8-10-6-4-5-7-18-12(10)11(15)9-16;1-4(2)3/h10-12,16H,4-9H2,1-3H3;4H,1-3H3. The molecule has 3 unspecified atom stereocenters. The number of hydrogen-bond acceptors (Lipinski definition) is 4. The summed E-state index contributed by atoms with van der Waals surface area (Å²) in [6.07, 6.45) is 2.86. The van der Waals surface area contributed by atoms with Crippen molar-refractivity contribution in [2.45, 2.75) is 78.6 Å². The van der Waals surface area contributed by atoms with Crippen LogP contribution in [0.4, 0.5) is 4.79 Å². The Labute approximate surface area is 141 Å². The van der Waals surface area contributed by atoms with Gasteiger partial charge in [0.15, 0.2) is 0 Å². The van der Waals surface area contributed by atoms with Crippen LogP contribution in [0.5, 0.6) is 0 Å². The van der Waals surface area contributed by atoms with Gasteiger partial charge in [-0.2, -0.15) is 0 Å². The maximum Gasteiger partial charge on any atom is 0.410 e. The van der Waals surface area contributed by atoms with Crippen LogP contribution in [0.1, 0.15) is 60.8 Å². The van der Waals surface area contributed by atoms with E-state index in [-0.39, 0.29) is 24.8 Å². The summed E-state index contributed by atoms with van der Waals surface area (Å²) in [7, 11) is 0. The van der Waals surface area contributed by atoms with E-state index < -0.39 is 5.60 Å². The Morgan fingerprint density at radius 3 is 2.43 bits per heavy atom. The van der Waals surface area contributed by atoms with Gasteiger partial charge in [-0.3, -0.25) is 4.90 Å². The lowest BCUT2D eigenvalue weighted by Gasteiger charge is -2.29. The van der Waals surface area contributed by atoms with Crippen LogP contribution in [0.2, 0.25) is 0 Å². The first-order valence-electron chi connectivity index (χ1n) is 8.87. The van der Waals surface area contributed by atoms with Gasteiger partial charge >= 0.3 is 6.09 Å². The molecule has 0 aliphatic carbocycles. The summed E-state index contributed by atoms with van der Waals surface area (Å²) in [5.74, 6) is 1.16. The molecule has 2 aliphatic heterocycles. The fraction of sp³-hybridized carbons (Fsp3) is 0.944. The Morgan fingerprint density at radius 1 is 1.30 bits per heavy atom. The van der Waals surface area contributed by atoms with Crippen molar-refractivity contribution in [3.05, 3.63) is 0 Å². The molecule has 0 radical (unpaired) electrons. The Bertz CT molecular complexity index is 362. The van der Waals surface area contributed by atoms with Crippen molar-refractivity contribution in [2.75, 3.05) is 19.8 Å². The lowest BCUT2D eigenvalue weighted by Crippen LogP contribution is -2.45. The van der Waals surface area contributed by atoms with Crippen LogP contribution in [0.15, 0.2) is 0 Å². The number of aliphatic hydroxyl groups excluding tert-OH is 1. The highest BCUT2D eigenvalue weighted by molar-refractivity contribution is 5.69. The van der Waals surface area contributed by atoms with E-state index in [4.69, 9.17) is 9.47 Å². The largest absolute Gasteiger partial charge is 0.444 e. The minimum atomic E-state index is -0.511. The van der Waals surface area contributed by atoms with Crippen molar-refractivity contribution < 1.29 is 19.4 Å². The Hall–Kier alpha value is -0.810. The quantitative estimate of drug-likeness (QED) is 0.800. The molecule has 2 fully saturated rings. The molecular formula is C18H35NO4. The number of carbonyl (C=O) groups is 1. The van der Waals surface area contributed by atoms with Crippen molar-refractivity contribution >= 4 is 6.09 Å². The SMILES string of the molecule is CC(C)(C)OC(=O)N1CC2CCCCOC2C1CO.CC(C)C. The fourth-order valence-electron chi connectivity index (χ4n) is 2.95. The van der Waals surface area contributed by atoms with E-state index in [0.29, 0.717) is 12.5 Å². The molecule has 0 bridgehead atoms. The zero-order valence-corrected chi connectivity index (χ0v) is 15.7. The Kier molecular flexibility index (Phi) is 7.81. The molecule has 0 aromatic carbocycles. The lowest BCUT2D eigenvalue weighted by atomic mass is 9.97. The van der Waals surface area contributed by atoms with Gasteiger partial charge in [0, 0.05) is 19.1 Å². The van der Waals surface area contributed by atoms with E-state index >= 15 is 0 Å². The van der Waals surface area contributed by atoms with Gasteiger partial charge in [-0.15, -0.1) is 0 Å². The van der Waals surface area contributed by atoms with E-state index in [1.54, 1.807) is 4.90 Å². The minimum Gasteiger partial charge on any atom is -0.444 e. The third-order valence-corrected chi connectivity index (χ3v) is 3.77. The Balaban J connectivity index is 0.000000593. The van der Waals surface area contributed by atoms with Gasteiger partial charge in [-0.05, 0) is 39.5 Å². The summed E-state index contributed by atoms with van der Waals surface area (Å²) in [6.45, 7) is 13.3. The molecule has 2 rings (SSSR count). The first-order chi connectivity index (χ1) is 10.7. The number of fused-ring (bicyclic) bond motifs is 1. The molecule has 0 saturated carbocycles. The molecule has 1 amide bonds. The monoisotopic (exact) mass is 329 g/mol. The molecule has 3 atom stereocenters. The molecule has 5 heteroatoms. The highest BCUT2D eigenvalue weighted by atomic mass is 16.6.